The van der Waals surface area contributed by atoms with Gasteiger partial charge in [-0.05, 0) is 42.7 Å². The predicted molar refractivity (Wildman–Crippen MR) is 109 cm³/mol. The van der Waals surface area contributed by atoms with E-state index in [1.165, 1.54) is 24.2 Å². The third-order valence-corrected chi connectivity index (χ3v) is 7.69. The van der Waals surface area contributed by atoms with E-state index in [1.54, 1.807) is 18.3 Å². The minimum Gasteiger partial charge on any atom is -0.256 e. The number of thiophene rings is 1. The van der Waals surface area contributed by atoms with E-state index in [1.807, 2.05) is 30.3 Å². The van der Waals surface area contributed by atoms with E-state index < -0.39 is 10.0 Å². The molecule has 0 radical (unpaired) electrons. The fourth-order valence-electron chi connectivity index (χ4n) is 3.33. The summed E-state index contributed by atoms with van der Waals surface area (Å²) >= 11 is 1.23. The van der Waals surface area contributed by atoms with Gasteiger partial charge in [0.15, 0.2) is 0 Å². The van der Waals surface area contributed by atoms with Crippen molar-refractivity contribution >= 4 is 32.3 Å². The van der Waals surface area contributed by atoms with Crippen molar-refractivity contribution in [1.82, 2.24) is 9.71 Å². The Morgan fingerprint density at radius 2 is 1.93 bits per heavy atom. The average Bonchev–Trinajstić information content (AvgIpc) is 3.37. The lowest BCUT2D eigenvalue weighted by Crippen LogP contribution is -2.22. The van der Waals surface area contributed by atoms with Crippen LogP contribution < -0.4 is 4.72 Å². The molecule has 2 heterocycles. The molecule has 2 aromatic heterocycles. The highest BCUT2D eigenvalue weighted by molar-refractivity contribution is 7.91. The van der Waals surface area contributed by atoms with Crippen molar-refractivity contribution in [3.63, 3.8) is 0 Å². The molecule has 0 aliphatic heterocycles. The number of nitrogens with zero attached hydrogens (tertiary/aromatic N) is 1. The third-order valence-electron chi connectivity index (χ3n) is 4.79. The highest BCUT2D eigenvalue weighted by atomic mass is 32.2. The molecule has 1 saturated carbocycles. The highest BCUT2D eigenvalue weighted by Crippen LogP contribution is 2.25. The molecule has 0 amide bonds. The predicted octanol–water partition coefficient (Wildman–Crippen LogP) is 4.32. The summed E-state index contributed by atoms with van der Waals surface area (Å²) in [6.45, 7) is 0.229. The molecular weight excluding hydrogens is 376 g/mol. The fourth-order valence-corrected chi connectivity index (χ4v) is 5.55. The van der Waals surface area contributed by atoms with E-state index in [2.05, 4.69) is 21.5 Å². The molecule has 0 saturated heterocycles. The summed E-state index contributed by atoms with van der Waals surface area (Å²) in [5.41, 5.74) is 1.76. The molecule has 27 heavy (non-hydrogen) atoms. The number of fused-ring (bicyclic) bond motifs is 1. The van der Waals surface area contributed by atoms with Gasteiger partial charge in [0.25, 0.3) is 0 Å². The van der Waals surface area contributed by atoms with Gasteiger partial charge in [-0.15, -0.1) is 11.3 Å². The van der Waals surface area contributed by atoms with Gasteiger partial charge in [0.1, 0.15) is 4.21 Å². The molecule has 0 bridgehead atoms. The maximum absolute atomic E-state index is 12.7. The van der Waals surface area contributed by atoms with Crippen molar-refractivity contribution in [2.75, 3.05) is 0 Å². The van der Waals surface area contributed by atoms with Crippen LogP contribution in [-0.2, 0) is 16.6 Å². The maximum atomic E-state index is 12.7. The van der Waals surface area contributed by atoms with Crippen LogP contribution in [0.1, 0.15) is 36.1 Å². The van der Waals surface area contributed by atoms with Crippen LogP contribution >= 0.6 is 11.3 Å². The van der Waals surface area contributed by atoms with Crippen molar-refractivity contribution < 1.29 is 8.42 Å². The topological polar surface area (TPSA) is 59.1 Å². The molecule has 1 aliphatic rings. The summed E-state index contributed by atoms with van der Waals surface area (Å²) in [7, 11) is -3.56. The second kappa shape index (κ2) is 7.81. The van der Waals surface area contributed by atoms with Crippen LogP contribution in [0, 0.1) is 17.8 Å². The van der Waals surface area contributed by atoms with Gasteiger partial charge < -0.3 is 0 Å². The minimum atomic E-state index is -3.56. The first kappa shape index (κ1) is 18.2. The fraction of sp³-hybridized carbons (Fsp3) is 0.286. The van der Waals surface area contributed by atoms with Crippen molar-refractivity contribution in [3.8, 4) is 11.8 Å². The lowest BCUT2D eigenvalue weighted by Gasteiger charge is -2.07. The lowest BCUT2D eigenvalue weighted by atomic mass is 10.1. The minimum absolute atomic E-state index is 0.229. The van der Waals surface area contributed by atoms with E-state index in [-0.39, 0.29) is 6.54 Å². The van der Waals surface area contributed by atoms with Crippen molar-refractivity contribution in [2.45, 2.75) is 36.4 Å². The van der Waals surface area contributed by atoms with Crippen molar-refractivity contribution in [1.29, 1.82) is 0 Å². The zero-order valence-corrected chi connectivity index (χ0v) is 16.4. The van der Waals surface area contributed by atoms with Crippen LogP contribution in [0.25, 0.3) is 10.9 Å². The van der Waals surface area contributed by atoms with Gasteiger partial charge in [0.2, 0.25) is 10.0 Å². The molecule has 4 rings (SSSR count). The van der Waals surface area contributed by atoms with Gasteiger partial charge in [-0.25, -0.2) is 13.1 Å². The number of hydrogen-bond donors (Lipinski definition) is 1. The summed E-state index contributed by atoms with van der Waals surface area (Å²) in [5, 5.41) is 0.956. The van der Waals surface area contributed by atoms with Crippen LogP contribution in [0.3, 0.4) is 0 Å². The van der Waals surface area contributed by atoms with E-state index >= 15 is 0 Å². The number of hydrogen-bond acceptors (Lipinski definition) is 4. The summed E-state index contributed by atoms with van der Waals surface area (Å²) in [6.07, 6.45) is 6.51. The van der Waals surface area contributed by atoms with E-state index in [0.29, 0.717) is 10.1 Å². The van der Waals surface area contributed by atoms with E-state index in [4.69, 9.17) is 0 Å². The number of para-hydroxylation sites is 1. The van der Waals surface area contributed by atoms with Crippen LogP contribution in [0.15, 0.2) is 52.9 Å². The molecule has 6 heteroatoms. The smallest absolute Gasteiger partial charge is 0.250 e. The van der Waals surface area contributed by atoms with Crippen molar-refractivity contribution in [2.24, 2.45) is 5.92 Å². The molecule has 1 aliphatic carbocycles. The second-order valence-electron chi connectivity index (χ2n) is 6.68. The lowest BCUT2D eigenvalue weighted by molar-refractivity contribution is 0.583. The van der Waals surface area contributed by atoms with Gasteiger partial charge in [-0.2, -0.15) is 0 Å². The Bertz CT molecular complexity index is 1110. The zero-order chi connectivity index (χ0) is 18.7. The SMILES string of the molecule is O=S(=O)(NCc1ccnc2ccccc12)c1ccc(C#CC2CCCC2)s1. The monoisotopic (exact) mass is 396 g/mol. The number of benzene rings is 1. The number of sulfonamides is 1. The number of rotatable bonds is 4. The molecule has 4 nitrogen and oxygen atoms in total. The first-order valence-corrected chi connectivity index (χ1v) is 11.4. The van der Waals surface area contributed by atoms with Gasteiger partial charge in [0.05, 0.1) is 10.4 Å². The molecule has 138 valence electrons. The number of nitrogens with one attached hydrogen (secondary N) is 1. The van der Waals surface area contributed by atoms with Gasteiger partial charge >= 0.3 is 0 Å². The Morgan fingerprint density at radius 3 is 2.78 bits per heavy atom. The Labute approximate surface area is 163 Å². The molecule has 1 aromatic carbocycles. The Kier molecular flexibility index (Phi) is 5.26. The highest BCUT2D eigenvalue weighted by Gasteiger charge is 2.17. The molecule has 0 unspecified atom stereocenters. The molecule has 1 fully saturated rings. The summed E-state index contributed by atoms with van der Waals surface area (Å²) < 4.78 is 28.3. The third kappa shape index (κ3) is 4.22. The first-order chi connectivity index (χ1) is 13.1. The van der Waals surface area contributed by atoms with Gasteiger partial charge in [0, 0.05) is 24.0 Å². The number of aromatic nitrogens is 1. The van der Waals surface area contributed by atoms with Crippen LogP contribution in [0.2, 0.25) is 0 Å². The zero-order valence-electron chi connectivity index (χ0n) is 14.8. The first-order valence-electron chi connectivity index (χ1n) is 9.05. The summed E-state index contributed by atoms with van der Waals surface area (Å²) in [6, 6.07) is 13.0. The Hall–Kier alpha value is -2.20. The summed E-state index contributed by atoms with van der Waals surface area (Å²) in [5.74, 6) is 6.89. The van der Waals surface area contributed by atoms with Crippen molar-refractivity contribution in [3.05, 3.63) is 59.1 Å². The van der Waals surface area contributed by atoms with Gasteiger partial charge in [-0.3, -0.25) is 4.98 Å². The Balaban J connectivity index is 1.48. The largest absolute Gasteiger partial charge is 0.256 e. The van der Waals surface area contributed by atoms with Crippen LogP contribution in [0.5, 0.6) is 0 Å². The van der Waals surface area contributed by atoms with Crippen LogP contribution in [0.4, 0.5) is 0 Å². The quantitative estimate of drug-likeness (QED) is 0.668. The number of pyridine rings is 1. The van der Waals surface area contributed by atoms with E-state index in [0.717, 1.165) is 34.2 Å². The average molecular weight is 397 g/mol. The molecule has 0 spiro atoms. The molecular formula is C21H20N2O2S2. The summed E-state index contributed by atoms with van der Waals surface area (Å²) in [4.78, 5) is 5.11. The normalized spacial score (nSPS) is 15.0. The van der Waals surface area contributed by atoms with E-state index in [9.17, 15) is 8.42 Å². The molecule has 1 N–H and O–H groups in total. The Morgan fingerprint density at radius 1 is 1.11 bits per heavy atom. The maximum Gasteiger partial charge on any atom is 0.250 e. The molecule has 0 atom stereocenters. The second-order valence-corrected chi connectivity index (χ2v) is 9.76. The van der Waals surface area contributed by atoms with Crippen LogP contribution in [-0.4, -0.2) is 13.4 Å². The van der Waals surface area contributed by atoms with Gasteiger partial charge in [-0.1, -0.05) is 42.9 Å². The molecule has 3 aromatic rings. The standard InChI is InChI=1S/C21H20N2O2S2/c24-27(25,21-12-11-18(26-21)10-9-16-5-1-2-6-16)23-15-17-13-14-22-20-8-4-3-7-19(17)20/h3-4,7-8,11-14,16,23H,1-2,5-6,15H2.